The predicted molar refractivity (Wildman–Crippen MR) is 70.3 cm³/mol. The van der Waals surface area contributed by atoms with Crippen LogP contribution in [0.5, 0.6) is 0 Å². The van der Waals surface area contributed by atoms with E-state index in [0.29, 0.717) is 12.1 Å². The zero-order chi connectivity index (χ0) is 16.8. The van der Waals surface area contributed by atoms with Crippen LogP contribution in [0.4, 0.5) is 5.69 Å². The molecule has 0 bridgehead atoms. The summed E-state index contributed by atoms with van der Waals surface area (Å²) >= 11 is 6.27. The second-order valence-electron chi connectivity index (χ2n) is 5.48. The first-order chi connectivity index (χ1) is 10.2. The maximum absolute atomic E-state index is 8.49. The van der Waals surface area contributed by atoms with E-state index in [4.69, 9.17) is 30.2 Å². The summed E-state index contributed by atoms with van der Waals surface area (Å²) in [6, 6.07) is 0.911. The molecule has 0 aromatic carbocycles. The molecule has 0 amide bonds. The number of halogens is 2. The number of hydrogen-bond acceptors (Lipinski definition) is 6. The Morgan fingerprint density at radius 1 is 1.23 bits per heavy atom. The van der Waals surface area contributed by atoms with Crippen LogP contribution in [0.25, 0.3) is 0 Å². The smallest absolute Gasteiger partial charge is 0.217 e. The summed E-state index contributed by atoms with van der Waals surface area (Å²) < 4.78 is 36.0. The van der Waals surface area contributed by atoms with Gasteiger partial charge < -0.3 is 5.32 Å². The minimum atomic E-state index is -4.94. The minimum absolute atomic E-state index is 0.375. The zero-order valence-electron chi connectivity index (χ0n) is 12.6. The summed E-state index contributed by atoms with van der Waals surface area (Å²) in [5.74, 6) is 0. The van der Waals surface area contributed by atoms with Crippen LogP contribution in [0.3, 0.4) is 0 Å². The van der Waals surface area contributed by atoms with Gasteiger partial charge in [0.25, 0.3) is 0 Å². The van der Waals surface area contributed by atoms with E-state index in [9.17, 15) is 0 Å². The lowest BCUT2D eigenvalue weighted by atomic mass is 9.96. The molecule has 0 unspecified atom stereocenters. The van der Waals surface area contributed by atoms with Crippen molar-refractivity contribution in [3.8, 4) is 0 Å². The van der Waals surface area contributed by atoms with Gasteiger partial charge in [0.05, 0.1) is 5.69 Å². The van der Waals surface area contributed by atoms with Crippen LogP contribution in [-0.2, 0) is 0 Å². The fourth-order valence-electron chi connectivity index (χ4n) is 2.37. The van der Waals surface area contributed by atoms with Crippen LogP contribution >= 0.6 is 11.6 Å². The third-order valence-electron chi connectivity index (χ3n) is 3.22. The molecule has 1 aromatic rings. The number of aromatic nitrogens is 2. The van der Waals surface area contributed by atoms with Crippen molar-refractivity contribution in [3.05, 3.63) is 17.4 Å². The van der Waals surface area contributed by atoms with E-state index < -0.39 is 10.2 Å². The number of nitrogens with one attached hydrogen (secondary N) is 1. The minimum Gasteiger partial charge on any atom is -0.380 e. The van der Waals surface area contributed by atoms with Gasteiger partial charge in [-0.1, -0.05) is 22.7 Å². The summed E-state index contributed by atoms with van der Waals surface area (Å²) in [5.41, 5.74) is 0.925. The molecular weight excluding hydrogens is 333 g/mol. The van der Waals surface area contributed by atoms with E-state index >= 15 is 0 Å². The van der Waals surface area contributed by atoms with Crippen molar-refractivity contribution in [2.75, 3.05) is 5.32 Å². The van der Waals surface area contributed by atoms with Gasteiger partial charge >= 0.3 is 0 Å². The highest BCUT2D eigenvalue weighted by molar-refractivity contribution is 6.32. The lowest BCUT2D eigenvalue weighted by molar-refractivity contribution is -2.00. The molecule has 1 saturated carbocycles. The van der Waals surface area contributed by atoms with Crippen molar-refractivity contribution in [2.45, 2.75) is 58.0 Å². The molecule has 9 heteroatoms. The SMILES string of the molecule is CC(C)Nc1cn[n+](C2CCCCC2)cc1Cl.[O-][Cl+3]([O-])([O-])[O-]. The summed E-state index contributed by atoms with van der Waals surface area (Å²) in [7, 11) is -4.94. The molecule has 1 aliphatic rings. The standard InChI is InChI=1S/C13H20ClN3.ClHO4/c1-10(2)16-13-8-15-17(9-12(13)14)11-6-4-3-5-7-11;2-1(3,4)5/h8-11H,3-7H2,1-2H3;(H,2,3,4,5). The monoisotopic (exact) mass is 353 g/mol. The molecule has 1 aromatic heterocycles. The van der Waals surface area contributed by atoms with Gasteiger partial charge in [-0.2, -0.15) is 0 Å². The summed E-state index contributed by atoms with van der Waals surface area (Å²) in [5, 5.41) is 8.54. The van der Waals surface area contributed by atoms with Crippen molar-refractivity contribution in [2.24, 2.45) is 0 Å². The average molecular weight is 354 g/mol. The van der Waals surface area contributed by atoms with E-state index in [0.717, 1.165) is 10.7 Å². The lowest BCUT2D eigenvalue weighted by Gasteiger charge is -2.17. The molecule has 7 nitrogen and oxygen atoms in total. The molecule has 0 atom stereocenters. The van der Waals surface area contributed by atoms with Crippen LogP contribution in [-0.4, -0.2) is 11.1 Å². The molecule has 1 aliphatic carbocycles. The highest BCUT2D eigenvalue weighted by atomic mass is 35.7. The first-order valence-corrected chi connectivity index (χ1v) is 8.73. The Morgan fingerprint density at radius 2 is 1.77 bits per heavy atom. The predicted octanol–water partition coefficient (Wildman–Crippen LogP) is -1.41. The fourth-order valence-corrected chi connectivity index (χ4v) is 2.57. The molecule has 0 spiro atoms. The Bertz CT molecular complexity index is 457. The van der Waals surface area contributed by atoms with Crippen molar-refractivity contribution in [1.29, 1.82) is 0 Å². The summed E-state index contributed by atoms with van der Waals surface area (Å²) in [4.78, 5) is 0. The highest BCUT2D eigenvalue weighted by Crippen LogP contribution is 2.25. The second-order valence-corrected chi connectivity index (χ2v) is 6.65. The number of hydrogen-bond donors (Lipinski definition) is 1. The fraction of sp³-hybridized carbons (Fsp3) is 0.692. The van der Waals surface area contributed by atoms with Crippen LogP contribution in [0.15, 0.2) is 12.4 Å². The molecule has 0 saturated heterocycles. The van der Waals surface area contributed by atoms with E-state index in [2.05, 4.69) is 24.3 Å². The Labute approximate surface area is 137 Å². The van der Waals surface area contributed by atoms with Gasteiger partial charge in [-0.15, -0.1) is 10.2 Å². The van der Waals surface area contributed by atoms with Gasteiger partial charge in [0.15, 0.2) is 6.04 Å². The third-order valence-corrected chi connectivity index (χ3v) is 3.52. The van der Waals surface area contributed by atoms with Crippen molar-refractivity contribution in [3.63, 3.8) is 0 Å². The molecule has 0 aliphatic heterocycles. The number of anilines is 1. The largest absolute Gasteiger partial charge is 0.380 e. The van der Waals surface area contributed by atoms with Gasteiger partial charge in [0.2, 0.25) is 6.20 Å². The van der Waals surface area contributed by atoms with Crippen LogP contribution in [0.2, 0.25) is 5.02 Å². The first kappa shape index (κ1) is 19.3. The second kappa shape index (κ2) is 8.81. The van der Waals surface area contributed by atoms with Crippen LogP contribution < -0.4 is 28.6 Å². The van der Waals surface area contributed by atoms with Crippen molar-refractivity contribution >= 4 is 17.3 Å². The first-order valence-electron chi connectivity index (χ1n) is 7.12. The third kappa shape index (κ3) is 8.07. The summed E-state index contributed by atoms with van der Waals surface area (Å²) in [6.07, 6.45) is 10.2. The topological polar surface area (TPSA) is 121 Å². The quantitative estimate of drug-likeness (QED) is 0.666. The van der Waals surface area contributed by atoms with Gasteiger partial charge in [0, 0.05) is 18.9 Å². The van der Waals surface area contributed by atoms with Crippen LogP contribution in [0.1, 0.15) is 52.0 Å². The average Bonchev–Trinajstić information content (AvgIpc) is 2.40. The van der Waals surface area contributed by atoms with Crippen LogP contribution in [0, 0.1) is 10.2 Å². The van der Waals surface area contributed by atoms with Gasteiger partial charge in [-0.3, -0.25) is 0 Å². The molecule has 1 fully saturated rings. The van der Waals surface area contributed by atoms with E-state index in [1.165, 1.54) is 32.1 Å². The molecule has 2 rings (SSSR count). The van der Waals surface area contributed by atoms with E-state index in [1.54, 1.807) is 0 Å². The maximum atomic E-state index is 8.49. The van der Waals surface area contributed by atoms with Crippen molar-refractivity contribution < 1.29 is 33.6 Å². The zero-order valence-corrected chi connectivity index (χ0v) is 14.1. The van der Waals surface area contributed by atoms with E-state index in [1.807, 2.05) is 17.1 Å². The maximum Gasteiger partial charge on any atom is 0.217 e. The Kier molecular flexibility index (Phi) is 7.75. The molecule has 0 radical (unpaired) electrons. The Hall–Kier alpha value is -0.700. The molecule has 1 heterocycles. The van der Waals surface area contributed by atoms with Gasteiger partial charge in [-0.25, -0.2) is 18.6 Å². The van der Waals surface area contributed by atoms with Gasteiger partial charge in [0.1, 0.15) is 11.2 Å². The Balaban J connectivity index is 0.000000422. The molecule has 126 valence electrons. The Morgan fingerprint density at radius 3 is 2.23 bits per heavy atom. The highest BCUT2D eigenvalue weighted by Gasteiger charge is 2.24. The molecular formula is C13H21Cl2N3O4. The summed E-state index contributed by atoms with van der Waals surface area (Å²) in [6.45, 7) is 4.19. The number of nitrogens with zero attached hydrogens (tertiary/aromatic N) is 2. The molecule has 22 heavy (non-hydrogen) atoms. The van der Waals surface area contributed by atoms with E-state index in [-0.39, 0.29) is 0 Å². The van der Waals surface area contributed by atoms with Gasteiger partial charge in [-0.05, 0) is 31.8 Å². The normalized spacial score (nSPS) is 16.2. The lowest BCUT2D eigenvalue weighted by Crippen LogP contribution is -2.68. The molecule has 1 N–H and O–H groups in total. The number of rotatable bonds is 3. The van der Waals surface area contributed by atoms with Crippen molar-refractivity contribution in [1.82, 2.24) is 5.10 Å².